The highest BCUT2D eigenvalue weighted by molar-refractivity contribution is 5.18. The zero-order valence-electron chi connectivity index (χ0n) is 11.4. The summed E-state index contributed by atoms with van der Waals surface area (Å²) in [5, 5.41) is 12.2. The van der Waals surface area contributed by atoms with Crippen molar-refractivity contribution < 1.29 is 0 Å². The first-order valence-corrected chi connectivity index (χ1v) is 7.48. The molecule has 0 unspecified atom stereocenters. The minimum Gasteiger partial charge on any atom is -0.314 e. The van der Waals surface area contributed by atoms with Gasteiger partial charge in [0.05, 0.1) is 17.4 Å². The van der Waals surface area contributed by atoms with Gasteiger partial charge < -0.3 is 5.32 Å². The lowest BCUT2D eigenvalue weighted by molar-refractivity contribution is 0.424. The van der Waals surface area contributed by atoms with Crippen molar-refractivity contribution in [2.45, 2.75) is 69.9 Å². The fourth-order valence-corrected chi connectivity index (χ4v) is 3.67. The molecule has 3 rings (SSSR count). The first-order valence-electron chi connectivity index (χ1n) is 7.48. The van der Waals surface area contributed by atoms with Crippen LogP contribution in [0.4, 0.5) is 0 Å². The Balaban J connectivity index is 1.91. The summed E-state index contributed by atoms with van der Waals surface area (Å²) in [4.78, 5) is 0. The molecule has 1 N–H and O–H groups in total. The van der Waals surface area contributed by atoms with E-state index in [1.165, 1.54) is 62.8 Å². The largest absolute Gasteiger partial charge is 0.314 e. The maximum absolute atomic E-state index is 4.49. The molecular weight excluding hydrogens is 224 g/mol. The highest BCUT2D eigenvalue weighted by Crippen LogP contribution is 2.39. The van der Waals surface area contributed by atoms with Gasteiger partial charge in [-0.1, -0.05) is 30.9 Å². The Morgan fingerprint density at radius 1 is 1.11 bits per heavy atom. The van der Waals surface area contributed by atoms with Gasteiger partial charge in [-0.15, -0.1) is 5.10 Å². The molecule has 2 saturated carbocycles. The zero-order chi connectivity index (χ0) is 12.4. The second-order valence-corrected chi connectivity index (χ2v) is 5.82. The van der Waals surface area contributed by atoms with Crippen LogP contribution < -0.4 is 5.32 Å². The molecule has 100 valence electrons. The molecule has 0 bridgehead atoms. The average molecular weight is 248 g/mol. The Morgan fingerprint density at radius 2 is 1.78 bits per heavy atom. The van der Waals surface area contributed by atoms with Crippen LogP contribution in [-0.4, -0.2) is 22.0 Å². The van der Waals surface area contributed by atoms with Crippen LogP contribution in [0.1, 0.15) is 74.7 Å². The van der Waals surface area contributed by atoms with E-state index in [9.17, 15) is 0 Å². The highest BCUT2D eigenvalue weighted by Gasteiger charge is 2.29. The molecule has 0 aliphatic heterocycles. The molecule has 0 amide bonds. The van der Waals surface area contributed by atoms with Gasteiger partial charge in [0.2, 0.25) is 0 Å². The molecule has 2 aliphatic rings. The molecule has 1 aromatic rings. The van der Waals surface area contributed by atoms with Crippen molar-refractivity contribution in [1.29, 1.82) is 0 Å². The molecule has 0 radical (unpaired) electrons. The monoisotopic (exact) mass is 248 g/mol. The summed E-state index contributed by atoms with van der Waals surface area (Å²) >= 11 is 0. The summed E-state index contributed by atoms with van der Waals surface area (Å²) in [5.74, 6) is 0.712. The van der Waals surface area contributed by atoms with Crippen LogP contribution in [0.5, 0.6) is 0 Å². The van der Waals surface area contributed by atoms with Crippen LogP contribution in [-0.2, 0) is 6.54 Å². The Kier molecular flexibility index (Phi) is 3.64. The predicted molar refractivity (Wildman–Crippen MR) is 71.5 cm³/mol. The van der Waals surface area contributed by atoms with E-state index in [4.69, 9.17) is 0 Å². The van der Waals surface area contributed by atoms with Crippen molar-refractivity contribution in [3.8, 4) is 0 Å². The molecule has 2 fully saturated rings. The van der Waals surface area contributed by atoms with E-state index >= 15 is 0 Å². The molecule has 0 saturated heterocycles. The van der Waals surface area contributed by atoms with E-state index in [0.29, 0.717) is 12.0 Å². The van der Waals surface area contributed by atoms with E-state index in [2.05, 4.69) is 20.3 Å². The average Bonchev–Trinajstić information content (AvgIpc) is 3.10. The number of hydrogen-bond donors (Lipinski definition) is 1. The van der Waals surface area contributed by atoms with Crippen molar-refractivity contribution in [2.24, 2.45) is 0 Å². The lowest BCUT2D eigenvalue weighted by Gasteiger charge is -2.18. The molecule has 4 nitrogen and oxygen atoms in total. The number of aromatic nitrogens is 3. The van der Waals surface area contributed by atoms with E-state index in [1.807, 2.05) is 7.05 Å². The third-order valence-electron chi connectivity index (χ3n) is 4.56. The fourth-order valence-electron chi connectivity index (χ4n) is 3.67. The molecule has 1 heterocycles. The zero-order valence-corrected chi connectivity index (χ0v) is 11.4. The lowest BCUT2D eigenvalue weighted by atomic mass is 10.0. The quantitative estimate of drug-likeness (QED) is 0.891. The van der Waals surface area contributed by atoms with Crippen LogP contribution in [0.25, 0.3) is 0 Å². The maximum Gasteiger partial charge on any atom is 0.0999 e. The van der Waals surface area contributed by atoms with Crippen LogP contribution in [0.3, 0.4) is 0 Å². The maximum atomic E-state index is 4.49. The van der Waals surface area contributed by atoms with Gasteiger partial charge in [0, 0.05) is 12.5 Å². The van der Waals surface area contributed by atoms with E-state index < -0.39 is 0 Å². The van der Waals surface area contributed by atoms with Crippen molar-refractivity contribution in [3.05, 3.63) is 11.4 Å². The molecule has 0 spiro atoms. The normalized spacial score (nSPS) is 22.1. The standard InChI is InChI=1S/C14H24N4/c1-15-10-13-14(11-6-2-3-7-11)18(17-16-13)12-8-4-5-9-12/h11-12,15H,2-10H2,1H3. The highest BCUT2D eigenvalue weighted by atomic mass is 15.4. The molecule has 1 aromatic heterocycles. The first-order chi connectivity index (χ1) is 8.90. The second kappa shape index (κ2) is 5.39. The Morgan fingerprint density at radius 3 is 2.44 bits per heavy atom. The number of rotatable bonds is 4. The minimum atomic E-state index is 0.624. The van der Waals surface area contributed by atoms with Crippen molar-refractivity contribution in [1.82, 2.24) is 20.3 Å². The fraction of sp³-hybridized carbons (Fsp3) is 0.857. The Labute approximate surface area is 109 Å². The third kappa shape index (κ3) is 2.18. The summed E-state index contributed by atoms with van der Waals surface area (Å²) in [6.07, 6.45) is 10.7. The predicted octanol–water partition coefficient (Wildman–Crippen LogP) is 2.77. The van der Waals surface area contributed by atoms with Crippen molar-refractivity contribution in [3.63, 3.8) is 0 Å². The summed E-state index contributed by atoms with van der Waals surface area (Å²) < 4.78 is 2.29. The molecular formula is C14H24N4. The Bertz CT molecular complexity index is 386. The number of nitrogens with one attached hydrogen (secondary N) is 1. The van der Waals surface area contributed by atoms with E-state index in [0.717, 1.165) is 6.54 Å². The van der Waals surface area contributed by atoms with Crippen molar-refractivity contribution >= 4 is 0 Å². The van der Waals surface area contributed by atoms with E-state index in [-0.39, 0.29) is 0 Å². The van der Waals surface area contributed by atoms with Crippen LogP contribution in [0, 0.1) is 0 Å². The van der Waals surface area contributed by atoms with Crippen molar-refractivity contribution in [2.75, 3.05) is 7.05 Å². The first kappa shape index (κ1) is 12.2. The van der Waals surface area contributed by atoms with Gasteiger partial charge in [-0.3, -0.25) is 0 Å². The van der Waals surface area contributed by atoms with Crippen LogP contribution in [0.2, 0.25) is 0 Å². The molecule has 0 atom stereocenters. The molecule has 2 aliphatic carbocycles. The van der Waals surface area contributed by atoms with Gasteiger partial charge in [0.15, 0.2) is 0 Å². The smallest absolute Gasteiger partial charge is 0.0999 e. The van der Waals surface area contributed by atoms with Gasteiger partial charge in [0.1, 0.15) is 0 Å². The van der Waals surface area contributed by atoms with Gasteiger partial charge in [-0.2, -0.15) is 0 Å². The number of nitrogens with zero attached hydrogens (tertiary/aromatic N) is 3. The van der Waals surface area contributed by atoms with Gasteiger partial charge >= 0.3 is 0 Å². The lowest BCUT2D eigenvalue weighted by Crippen LogP contribution is -2.15. The molecule has 0 aromatic carbocycles. The van der Waals surface area contributed by atoms with Crippen LogP contribution >= 0.6 is 0 Å². The summed E-state index contributed by atoms with van der Waals surface area (Å²) in [7, 11) is 1.99. The number of hydrogen-bond acceptors (Lipinski definition) is 3. The Hall–Kier alpha value is -0.900. The minimum absolute atomic E-state index is 0.624. The molecule has 4 heteroatoms. The third-order valence-corrected chi connectivity index (χ3v) is 4.56. The summed E-state index contributed by atoms with van der Waals surface area (Å²) in [6.45, 7) is 0.860. The SMILES string of the molecule is CNCc1nnn(C2CCCC2)c1C1CCCC1. The van der Waals surface area contributed by atoms with Gasteiger partial charge in [-0.25, -0.2) is 4.68 Å². The van der Waals surface area contributed by atoms with Crippen LogP contribution in [0.15, 0.2) is 0 Å². The van der Waals surface area contributed by atoms with E-state index in [1.54, 1.807) is 0 Å². The molecule has 18 heavy (non-hydrogen) atoms. The summed E-state index contributed by atoms with van der Waals surface area (Å²) in [5.41, 5.74) is 2.64. The topological polar surface area (TPSA) is 42.7 Å². The summed E-state index contributed by atoms with van der Waals surface area (Å²) in [6, 6.07) is 0.624. The second-order valence-electron chi connectivity index (χ2n) is 5.82. The van der Waals surface area contributed by atoms with Gasteiger partial charge in [-0.05, 0) is 32.7 Å². The van der Waals surface area contributed by atoms with Gasteiger partial charge in [0.25, 0.3) is 0 Å².